The average molecular weight is 204 g/mol. The van der Waals surface area contributed by atoms with Crippen LogP contribution in [0.2, 0.25) is 0 Å². The Kier molecular flexibility index (Phi) is 3.02. The summed E-state index contributed by atoms with van der Waals surface area (Å²) in [5, 5.41) is 0.0489. The van der Waals surface area contributed by atoms with Crippen molar-refractivity contribution in [2.24, 2.45) is 5.73 Å². The van der Waals surface area contributed by atoms with Gasteiger partial charge in [0.2, 0.25) is 0 Å². The molecule has 0 saturated carbocycles. The SMILES string of the molecule is CC(CN)NS(=O)(=O)c1cnc[nH]1. The van der Waals surface area contributed by atoms with Crippen molar-refractivity contribution < 1.29 is 8.42 Å². The Morgan fingerprint density at radius 1 is 1.77 bits per heavy atom. The van der Waals surface area contributed by atoms with Gasteiger partial charge < -0.3 is 10.7 Å². The zero-order chi connectivity index (χ0) is 9.90. The number of aromatic amines is 1. The van der Waals surface area contributed by atoms with Crippen molar-refractivity contribution in [3.8, 4) is 0 Å². The van der Waals surface area contributed by atoms with Crippen molar-refractivity contribution in [1.29, 1.82) is 0 Å². The highest BCUT2D eigenvalue weighted by Gasteiger charge is 2.17. The molecule has 13 heavy (non-hydrogen) atoms. The number of nitrogens with two attached hydrogens (primary N) is 1. The number of rotatable bonds is 4. The van der Waals surface area contributed by atoms with Crippen LogP contribution in [0.4, 0.5) is 0 Å². The molecule has 0 amide bonds. The monoisotopic (exact) mass is 204 g/mol. The maximum absolute atomic E-state index is 11.4. The number of nitrogens with one attached hydrogen (secondary N) is 2. The van der Waals surface area contributed by atoms with Crippen LogP contribution >= 0.6 is 0 Å². The van der Waals surface area contributed by atoms with Crippen LogP contribution in [0.25, 0.3) is 0 Å². The van der Waals surface area contributed by atoms with Crippen LogP contribution in [0.15, 0.2) is 17.6 Å². The fraction of sp³-hybridized carbons (Fsp3) is 0.500. The van der Waals surface area contributed by atoms with E-state index in [4.69, 9.17) is 5.73 Å². The van der Waals surface area contributed by atoms with Gasteiger partial charge in [-0.2, -0.15) is 0 Å². The molecule has 0 spiro atoms. The topological polar surface area (TPSA) is 101 Å². The highest BCUT2D eigenvalue weighted by molar-refractivity contribution is 7.89. The highest BCUT2D eigenvalue weighted by Crippen LogP contribution is 2.02. The van der Waals surface area contributed by atoms with Gasteiger partial charge in [-0.15, -0.1) is 0 Å². The van der Waals surface area contributed by atoms with Gasteiger partial charge in [0.1, 0.15) is 0 Å². The molecule has 0 aliphatic rings. The summed E-state index contributed by atoms with van der Waals surface area (Å²) in [6.45, 7) is 1.95. The molecule has 0 saturated heterocycles. The van der Waals surface area contributed by atoms with Crippen molar-refractivity contribution in [3.05, 3.63) is 12.5 Å². The minimum Gasteiger partial charge on any atom is -0.335 e. The molecule has 1 rings (SSSR count). The molecule has 1 atom stereocenters. The first-order valence-electron chi connectivity index (χ1n) is 3.77. The smallest absolute Gasteiger partial charge is 0.257 e. The molecule has 74 valence electrons. The minimum absolute atomic E-state index is 0.0489. The molecule has 6 nitrogen and oxygen atoms in total. The maximum atomic E-state index is 11.4. The van der Waals surface area contributed by atoms with Gasteiger partial charge >= 0.3 is 0 Å². The molecular formula is C6H12N4O2S. The van der Waals surface area contributed by atoms with E-state index in [2.05, 4.69) is 14.7 Å². The van der Waals surface area contributed by atoms with E-state index in [1.807, 2.05) is 0 Å². The fourth-order valence-electron chi connectivity index (χ4n) is 0.767. The molecule has 0 fully saturated rings. The summed E-state index contributed by atoms with van der Waals surface area (Å²) in [5.41, 5.74) is 5.28. The number of sulfonamides is 1. The predicted molar refractivity (Wildman–Crippen MR) is 47.4 cm³/mol. The molecule has 1 aromatic rings. The van der Waals surface area contributed by atoms with Gasteiger partial charge in [-0.05, 0) is 6.92 Å². The summed E-state index contributed by atoms with van der Waals surface area (Å²) in [5.74, 6) is 0. The van der Waals surface area contributed by atoms with Crippen LogP contribution < -0.4 is 10.5 Å². The van der Waals surface area contributed by atoms with E-state index in [0.29, 0.717) is 0 Å². The third-order valence-corrected chi connectivity index (χ3v) is 2.99. The van der Waals surface area contributed by atoms with E-state index >= 15 is 0 Å². The Hall–Kier alpha value is -0.920. The van der Waals surface area contributed by atoms with E-state index in [9.17, 15) is 8.42 Å². The molecule has 1 aromatic heterocycles. The first kappa shape index (κ1) is 10.2. The van der Waals surface area contributed by atoms with E-state index in [0.717, 1.165) is 0 Å². The van der Waals surface area contributed by atoms with Crippen LogP contribution in [0.5, 0.6) is 0 Å². The van der Waals surface area contributed by atoms with Crippen molar-refractivity contribution in [2.45, 2.75) is 18.0 Å². The molecule has 1 unspecified atom stereocenters. The van der Waals surface area contributed by atoms with Crippen LogP contribution in [0.1, 0.15) is 6.92 Å². The van der Waals surface area contributed by atoms with Crippen LogP contribution in [-0.2, 0) is 10.0 Å². The second-order valence-electron chi connectivity index (χ2n) is 2.67. The lowest BCUT2D eigenvalue weighted by atomic mass is 10.4. The molecule has 7 heteroatoms. The second-order valence-corrected chi connectivity index (χ2v) is 4.36. The number of aromatic nitrogens is 2. The summed E-state index contributed by atoms with van der Waals surface area (Å²) in [6, 6.07) is -0.284. The molecule has 0 radical (unpaired) electrons. The molecular weight excluding hydrogens is 192 g/mol. The first-order valence-corrected chi connectivity index (χ1v) is 5.25. The number of H-pyrrole nitrogens is 1. The highest BCUT2D eigenvalue weighted by atomic mass is 32.2. The lowest BCUT2D eigenvalue weighted by Crippen LogP contribution is -2.37. The van der Waals surface area contributed by atoms with Gasteiger partial charge in [0.15, 0.2) is 5.03 Å². The third-order valence-electron chi connectivity index (χ3n) is 1.47. The number of hydrogen-bond donors (Lipinski definition) is 3. The van der Waals surface area contributed by atoms with Gasteiger partial charge in [0.25, 0.3) is 10.0 Å². The summed E-state index contributed by atoms with van der Waals surface area (Å²) in [4.78, 5) is 6.12. The van der Waals surface area contributed by atoms with Gasteiger partial charge in [-0.25, -0.2) is 18.1 Å². The quantitative estimate of drug-likeness (QED) is 0.587. The molecule has 0 aliphatic carbocycles. The van der Waals surface area contributed by atoms with Crippen molar-refractivity contribution >= 4 is 10.0 Å². The summed E-state index contributed by atoms with van der Waals surface area (Å²) in [7, 11) is -3.48. The van der Waals surface area contributed by atoms with Crippen molar-refractivity contribution in [1.82, 2.24) is 14.7 Å². The largest absolute Gasteiger partial charge is 0.335 e. The summed E-state index contributed by atoms with van der Waals surface area (Å²) in [6.07, 6.45) is 2.55. The van der Waals surface area contributed by atoms with Crippen LogP contribution in [0, 0.1) is 0 Å². The standard InChI is InChI=1S/C6H12N4O2S/c1-5(2-7)10-13(11,12)6-3-8-4-9-6/h3-5,10H,2,7H2,1H3,(H,8,9). The summed E-state index contributed by atoms with van der Waals surface area (Å²) < 4.78 is 25.2. The van der Waals surface area contributed by atoms with Gasteiger partial charge in [0.05, 0.1) is 12.5 Å². The Morgan fingerprint density at radius 3 is 2.92 bits per heavy atom. The van der Waals surface area contributed by atoms with Gasteiger partial charge in [-0.3, -0.25) is 0 Å². The Labute approximate surface area is 76.6 Å². The predicted octanol–water partition coefficient (Wildman–Crippen LogP) is -0.965. The number of nitrogens with zero attached hydrogens (tertiary/aromatic N) is 1. The van der Waals surface area contributed by atoms with Crippen molar-refractivity contribution in [2.75, 3.05) is 6.54 Å². The Balaban J connectivity index is 2.79. The molecule has 0 bridgehead atoms. The second kappa shape index (κ2) is 3.86. The van der Waals surface area contributed by atoms with Gasteiger partial charge in [0, 0.05) is 12.6 Å². The van der Waals surface area contributed by atoms with E-state index in [1.165, 1.54) is 12.5 Å². The van der Waals surface area contributed by atoms with Crippen LogP contribution in [0.3, 0.4) is 0 Å². The van der Waals surface area contributed by atoms with E-state index in [-0.39, 0.29) is 17.6 Å². The lowest BCUT2D eigenvalue weighted by molar-refractivity contribution is 0.559. The summed E-state index contributed by atoms with van der Waals surface area (Å²) >= 11 is 0. The number of hydrogen-bond acceptors (Lipinski definition) is 4. The Morgan fingerprint density at radius 2 is 2.46 bits per heavy atom. The fourth-order valence-corrected chi connectivity index (χ4v) is 1.93. The zero-order valence-electron chi connectivity index (χ0n) is 7.19. The molecule has 4 N–H and O–H groups in total. The number of imidazole rings is 1. The van der Waals surface area contributed by atoms with E-state index in [1.54, 1.807) is 6.92 Å². The van der Waals surface area contributed by atoms with Crippen molar-refractivity contribution in [3.63, 3.8) is 0 Å². The normalized spacial score (nSPS) is 14.3. The molecule has 0 aromatic carbocycles. The maximum Gasteiger partial charge on any atom is 0.257 e. The first-order chi connectivity index (χ1) is 6.06. The van der Waals surface area contributed by atoms with E-state index < -0.39 is 10.0 Å². The third kappa shape index (κ3) is 2.51. The van der Waals surface area contributed by atoms with Gasteiger partial charge in [-0.1, -0.05) is 0 Å². The van der Waals surface area contributed by atoms with Crippen LogP contribution in [-0.4, -0.2) is 31.0 Å². The molecule has 1 heterocycles. The lowest BCUT2D eigenvalue weighted by Gasteiger charge is -2.09. The minimum atomic E-state index is -3.48. The zero-order valence-corrected chi connectivity index (χ0v) is 8.00. The Bertz CT molecular complexity index is 345. The average Bonchev–Trinajstić information content (AvgIpc) is 2.55. The molecule has 0 aliphatic heterocycles.